The zero-order valence-electron chi connectivity index (χ0n) is 8.14. The van der Waals surface area contributed by atoms with Gasteiger partial charge in [-0.15, -0.1) is 0 Å². The van der Waals surface area contributed by atoms with Gasteiger partial charge in [-0.1, -0.05) is 0 Å². The first-order chi connectivity index (χ1) is 5.95. The molecule has 0 aliphatic carbocycles. The summed E-state index contributed by atoms with van der Waals surface area (Å²) in [6.45, 7) is 1.68. The van der Waals surface area contributed by atoms with Crippen LogP contribution in [-0.4, -0.2) is 60.1 Å². The van der Waals surface area contributed by atoms with E-state index < -0.39 is 30.6 Å². The number of hydrogen-bond donors (Lipinski definition) is 4. The minimum atomic E-state index is -1.20. The van der Waals surface area contributed by atoms with E-state index in [1.165, 1.54) is 0 Å². The van der Waals surface area contributed by atoms with E-state index in [1.807, 2.05) is 14.1 Å². The number of quaternary nitrogens is 1. The van der Waals surface area contributed by atoms with Crippen LogP contribution in [-0.2, 0) is 4.74 Å². The largest absolute Gasteiger partial charge is 0.384 e. The normalized spacial score (nSPS) is 46.8. The lowest BCUT2D eigenvalue weighted by Crippen LogP contribution is -3.14. The number of ether oxygens (including phenoxy) is 1. The second kappa shape index (κ2) is 3.89. The second-order valence-corrected chi connectivity index (χ2v) is 3.82. The van der Waals surface area contributed by atoms with Crippen molar-refractivity contribution in [2.24, 2.45) is 0 Å². The Morgan fingerprint density at radius 3 is 2.08 bits per heavy atom. The van der Waals surface area contributed by atoms with Crippen LogP contribution in [0.1, 0.15) is 6.92 Å². The Labute approximate surface area is 77.5 Å². The summed E-state index contributed by atoms with van der Waals surface area (Å²) in [4.78, 5) is 0.897. The van der Waals surface area contributed by atoms with E-state index in [-0.39, 0.29) is 0 Å². The van der Waals surface area contributed by atoms with Crippen molar-refractivity contribution in [1.29, 1.82) is 0 Å². The van der Waals surface area contributed by atoms with Crippen molar-refractivity contribution < 1.29 is 25.0 Å². The molecule has 1 aliphatic heterocycles. The molecule has 5 heteroatoms. The van der Waals surface area contributed by atoms with Gasteiger partial charge in [0.1, 0.15) is 12.1 Å². The molecule has 1 aliphatic rings. The van der Waals surface area contributed by atoms with Crippen LogP contribution in [0.15, 0.2) is 0 Å². The van der Waals surface area contributed by atoms with Crippen LogP contribution in [0, 0.1) is 0 Å². The van der Waals surface area contributed by atoms with Gasteiger partial charge in [-0.25, -0.2) is 0 Å². The molecule has 0 saturated carbocycles. The van der Waals surface area contributed by atoms with Gasteiger partial charge in [-0.05, 0) is 6.92 Å². The second-order valence-electron chi connectivity index (χ2n) is 3.82. The molecule has 1 fully saturated rings. The standard InChI is InChI=1S/C8H17NO4/c1-4-6(10)5(9(2)3)7(11)8(12)13-4/h4-8,10-12H,1-3H3/p+1/t4-,5+,6-,7-,8?/m1/s1. The number of hydrogen-bond acceptors (Lipinski definition) is 4. The highest BCUT2D eigenvalue weighted by Crippen LogP contribution is 2.17. The van der Waals surface area contributed by atoms with Crippen LogP contribution in [0.5, 0.6) is 0 Å². The van der Waals surface area contributed by atoms with E-state index in [0.717, 1.165) is 4.90 Å². The van der Waals surface area contributed by atoms with E-state index >= 15 is 0 Å². The van der Waals surface area contributed by atoms with Crippen LogP contribution in [0.25, 0.3) is 0 Å². The van der Waals surface area contributed by atoms with Crippen molar-refractivity contribution in [3.8, 4) is 0 Å². The summed E-state index contributed by atoms with van der Waals surface area (Å²) in [6.07, 6.45) is -3.42. The average molecular weight is 192 g/mol. The molecule has 5 nitrogen and oxygen atoms in total. The lowest BCUT2D eigenvalue weighted by atomic mass is 9.96. The van der Waals surface area contributed by atoms with Gasteiger partial charge in [0.25, 0.3) is 0 Å². The monoisotopic (exact) mass is 192 g/mol. The first kappa shape index (κ1) is 10.9. The van der Waals surface area contributed by atoms with Crippen LogP contribution in [0.2, 0.25) is 0 Å². The lowest BCUT2D eigenvalue weighted by molar-refractivity contribution is -0.897. The fraction of sp³-hybridized carbons (Fsp3) is 1.00. The van der Waals surface area contributed by atoms with Crippen molar-refractivity contribution in [3.63, 3.8) is 0 Å². The molecule has 0 aromatic heterocycles. The molecule has 5 atom stereocenters. The van der Waals surface area contributed by atoms with Gasteiger partial charge in [0, 0.05) is 0 Å². The van der Waals surface area contributed by atoms with Gasteiger partial charge < -0.3 is 25.0 Å². The number of nitrogens with one attached hydrogen (secondary N) is 1. The molecule has 0 amide bonds. The number of rotatable bonds is 1. The zero-order chi connectivity index (χ0) is 10.2. The van der Waals surface area contributed by atoms with E-state index in [2.05, 4.69) is 0 Å². The molecule has 4 N–H and O–H groups in total. The summed E-state index contributed by atoms with van der Waals surface area (Å²) in [7, 11) is 3.64. The molecular weight excluding hydrogens is 174 g/mol. The first-order valence-corrected chi connectivity index (χ1v) is 4.45. The summed E-state index contributed by atoms with van der Waals surface area (Å²) in [5.41, 5.74) is 0. The molecule has 0 bridgehead atoms. The topological polar surface area (TPSA) is 74.4 Å². The predicted octanol–water partition coefficient (Wildman–Crippen LogP) is -3.04. The summed E-state index contributed by atoms with van der Waals surface area (Å²) in [6, 6.07) is -0.404. The minimum absolute atomic E-state index is 0.404. The number of aliphatic hydroxyl groups excluding tert-OH is 3. The zero-order valence-corrected chi connectivity index (χ0v) is 8.14. The number of likely N-dealkylation sites (N-methyl/N-ethyl adjacent to an activating group) is 1. The van der Waals surface area contributed by atoms with Crippen LogP contribution < -0.4 is 4.90 Å². The van der Waals surface area contributed by atoms with Crippen LogP contribution >= 0.6 is 0 Å². The number of aliphatic hydroxyl groups is 3. The highest BCUT2D eigenvalue weighted by molar-refractivity contribution is 4.86. The SMILES string of the molecule is C[C@H]1OC(O)[C@H](O)[C@@H]([NH+](C)C)[C@@H]1O. The average Bonchev–Trinajstić information content (AvgIpc) is 2.01. The molecule has 78 valence electrons. The molecule has 13 heavy (non-hydrogen) atoms. The fourth-order valence-electron chi connectivity index (χ4n) is 1.74. The van der Waals surface area contributed by atoms with E-state index in [4.69, 9.17) is 4.74 Å². The Morgan fingerprint density at radius 1 is 1.08 bits per heavy atom. The van der Waals surface area contributed by atoms with Crippen molar-refractivity contribution >= 4 is 0 Å². The lowest BCUT2D eigenvalue weighted by Gasteiger charge is -2.40. The maximum absolute atomic E-state index is 9.68. The van der Waals surface area contributed by atoms with E-state index in [0.29, 0.717) is 0 Å². The van der Waals surface area contributed by atoms with Crippen molar-refractivity contribution in [2.75, 3.05) is 14.1 Å². The molecule has 0 spiro atoms. The van der Waals surface area contributed by atoms with Crippen LogP contribution in [0.3, 0.4) is 0 Å². The highest BCUT2D eigenvalue weighted by atomic mass is 16.6. The van der Waals surface area contributed by atoms with E-state index in [9.17, 15) is 15.3 Å². The third kappa shape index (κ3) is 2.00. The smallest absolute Gasteiger partial charge is 0.187 e. The molecule has 1 saturated heterocycles. The van der Waals surface area contributed by atoms with Gasteiger partial charge in [0.05, 0.1) is 20.2 Å². The molecular formula is C8H18NO4+. The van der Waals surface area contributed by atoms with Crippen LogP contribution in [0.4, 0.5) is 0 Å². The third-order valence-corrected chi connectivity index (χ3v) is 2.53. The Morgan fingerprint density at radius 2 is 1.62 bits per heavy atom. The summed E-state index contributed by atoms with van der Waals surface area (Å²) in [5.74, 6) is 0. The molecule has 0 aromatic carbocycles. The van der Waals surface area contributed by atoms with Crippen molar-refractivity contribution in [1.82, 2.24) is 0 Å². The summed E-state index contributed by atoms with van der Waals surface area (Å²) < 4.78 is 4.93. The Kier molecular flexibility index (Phi) is 3.26. The fourth-order valence-corrected chi connectivity index (χ4v) is 1.74. The Balaban J connectivity index is 2.76. The van der Waals surface area contributed by atoms with Gasteiger partial charge >= 0.3 is 0 Å². The van der Waals surface area contributed by atoms with Gasteiger partial charge in [0.2, 0.25) is 0 Å². The Hall–Kier alpha value is -0.200. The first-order valence-electron chi connectivity index (χ1n) is 4.45. The molecule has 0 aromatic rings. The minimum Gasteiger partial charge on any atom is -0.384 e. The van der Waals surface area contributed by atoms with Crippen molar-refractivity contribution in [3.05, 3.63) is 0 Å². The molecule has 1 heterocycles. The molecule has 1 unspecified atom stereocenters. The van der Waals surface area contributed by atoms with E-state index in [1.54, 1.807) is 6.92 Å². The molecule has 1 rings (SSSR count). The summed E-state index contributed by atoms with van der Waals surface area (Å²) in [5, 5.41) is 28.5. The maximum Gasteiger partial charge on any atom is 0.187 e. The Bertz CT molecular complexity index is 162. The predicted molar refractivity (Wildman–Crippen MR) is 45.2 cm³/mol. The van der Waals surface area contributed by atoms with Gasteiger partial charge in [-0.3, -0.25) is 0 Å². The quantitative estimate of drug-likeness (QED) is 0.356. The summed E-state index contributed by atoms with van der Waals surface area (Å²) >= 11 is 0. The third-order valence-electron chi connectivity index (χ3n) is 2.53. The van der Waals surface area contributed by atoms with Crippen molar-refractivity contribution in [2.45, 2.75) is 37.6 Å². The van der Waals surface area contributed by atoms with Gasteiger partial charge in [0.15, 0.2) is 12.4 Å². The highest BCUT2D eigenvalue weighted by Gasteiger charge is 2.45. The van der Waals surface area contributed by atoms with Gasteiger partial charge in [-0.2, -0.15) is 0 Å². The maximum atomic E-state index is 9.68. The molecule has 0 radical (unpaired) electrons.